The Balaban J connectivity index is 1.63. The van der Waals surface area contributed by atoms with Crippen molar-refractivity contribution in [3.8, 4) is 11.3 Å². The summed E-state index contributed by atoms with van der Waals surface area (Å²) in [6.07, 6.45) is 4.73. The van der Waals surface area contributed by atoms with Gasteiger partial charge >= 0.3 is 0 Å². The molecule has 2 N–H and O–H groups in total. The molecule has 2 heterocycles. The minimum atomic E-state index is -0.266. The number of benzene rings is 1. The zero-order valence-corrected chi connectivity index (χ0v) is 14.8. The van der Waals surface area contributed by atoms with Gasteiger partial charge in [-0.3, -0.25) is 19.9 Å². The Kier molecular flexibility index (Phi) is 5.50. The van der Waals surface area contributed by atoms with Gasteiger partial charge in [-0.15, -0.1) is 11.3 Å². The second kappa shape index (κ2) is 8.17. The summed E-state index contributed by atoms with van der Waals surface area (Å²) in [7, 11) is 0. The van der Waals surface area contributed by atoms with E-state index in [-0.39, 0.29) is 11.8 Å². The number of thiazole rings is 1. The standard InChI is InChI=1S/C19H16N4O2S/c1-13(24)21-16-7-5-14(6-8-16)17-12-26-19(22-17)23-18(25)10-9-15-4-2-3-11-20-15/h2-12H,1H3,(H,21,24)(H,22,23,25)/b10-9+. The molecule has 0 aliphatic carbocycles. The van der Waals surface area contributed by atoms with Crippen LogP contribution in [-0.4, -0.2) is 21.8 Å². The lowest BCUT2D eigenvalue weighted by Gasteiger charge is -2.02. The molecule has 0 unspecified atom stereocenters. The minimum Gasteiger partial charge on any atom is -0.326 e. The molecule has 0 atom stereocenters. The number of nitrogens with one attached hydrogen (secondary N) is 2. The van der Waals surface area contributed by atoms with Crippen LogP contribution in [0.5, 0.6) is 0 Å². The first-order chi connectivity index (χ1) is 12.6. The molecule has 0 aliphatic heterocycles. The summed E-state index contributed by atoms with van der Waals surface area (Å²) in [5.41, 5.74) is 3.10. The number of carbonyl (C=O) groups is 2. The molecule has 0 saturated carbocycles. The van der Waals surface area contributed by atoms with Gasteiger partial charge in [-0.2, -0.15) is 0 Å². The molecule has 6 nitrogen and oxygen atoms in total. The fourth-order valence-corrected chi connectivity index (χ4v) is 2.90. The zero-order chi connectivity index (χ0) is 18.4. The van der Waals surface area contributed by atoms with Gasteiger partial charge < -0.3 is 5.32 Å². The highest BCUT2D eigenvalue weighted by molar-refractivity contribution is 7.14. The molecule has 130 valence electrons. The van der Waals surface area contributed by atoms with E-state index in [1.807, 2.05) is 47.8 Å². The van der Waals surface area contributed by atoms with Gasteiger partial charge in [0, 0.05) is 35.8 Å². The van der Waals surface area contributed by atoms with Crippen molar-refractivity contribution in [3.63, 3.8) is 0 Å². The van der Waals surface area contributed by atoms with Crippen LogP contribution in [0.3, 0.4) is 0 Å². The van der Waals surface area contributed by atoms with E-state index in [1.54, 1.807) is 12.3 Å². The number of hydrogen-bond donors (Lipinski definition) is 2. The topological polar surface area (TPSA) is 84.0 Å². The van der Waals surface area contributed by atoms with Gasteiger partial charge in [0.2, 0.25) is 11.8 Å². The molecule has 1 aromatic carbocycles. The van der Waals surface area contributed by atoms with Gasteiger partial charge in [-0.25, -0.2) is 4.98 Å². The lowest BCUT2D eigenvalue weighted by atomic mass is 10.1. The molecule has 0 aliphatic rings. The van der Waals surface area contributed by atoms with Crippen LogP contribution >= 0.6 is 11.3 Å². The van der Waals surface area contributed by atoms with Crippen LogP contribution in [0, 0.1) is 0 Å². The number of hydrogen-bond acceptors (Lipinski definition) is 5. The Bertz CT molecular complexity index is 934. The molecule has 0 saturated heterocycles. The largest absolute Gasteiger partial charge is 0.326 e. The van der Waals surface area contributed by atoms with Gasteiger partial charge in [-0.1, -0.05) is 18.2 Å². The van der Waals surface area contributed by atoms with Crippen molar-refractivity contribution in [3.05, 3.63) is 65.8 Å². The molecule has 0 bridgehead atoms. The lowest BCUT2D eigenvalue weighted by Crippen LogP contribution is -2.07. The molecule has 3 aromatic rings. The summed E-state index contributed by atoms with van der Waals surface area (Å²) in [4.78, 5) is 31.6. The van der Waals surface area contributed by atoms with E-state index < -0.39 is 0 Å². The Morgan fingerprint density at radius 1 is 1.08 bits per heavy atom. The van der Waals surface area contributed by atoms with Crippen LogP contribution in [0.4, 0.5) is 10.8 Å². The van der Waals surface area contributed by atoms with Gasteiger partial charge in [0.05, 0.1) is 11.4 Å². The zero-order valence-electron chi connectivity index (χ0n) is 14.0. The van der Waals surface area contributed by atoms with Crippen LogP contribution < -0.4 is 10.6 Å². The highest BCUT2D eigenvalue weighted by atomic mass is 32.1. The quantitative estimate of drug-likeness (QED) is 0.674. The maximum absolute atomic E-state index is 12.0. The molecule has 2 amide bonds. The second-order valence-electron chi connectivity index (χ2n) is 5.37. The van der Waals surface area contributed by atoms with Crippen molar-refractivity contribution in [2.24, 2.45) is 0 Å². The predicted octanol–water partition coefficient (Wildman–Crippen LogP) is 3.82. The number of rotatable bonds is 5. The Morgan fingerprint density at radius 3 is 2.58 bits per heavy atom. The number of amides is 2. The van der Waals surface area contributed by atoms with Gasteiger partial charge in [0.25, 0.3) is 0 Å². The SMILES string of the molecule is CC(=O)Nc1ccc(-c2csc(NC(=O)/C=C/c3ccccn3)n2)cc1. The highest BCUT2D eigenvalue weighted by Gasteiger charge is 2.07. The van der Waals surface area contributed by atoms with E-state index in [0.717, 1.165) is 16.9 Å². The predicted molar refractivity (Wildman–Crippen MR) is 104 cm³/mol. The van der Waals surface area contributed by atoms with Gasteiger partial charge in [0.1, 0.15) is 0 Å². The molecule has 3 rings (SSSR count). The van der Waals surface area contributed by atoms with Crippen molar-refractivity contribution < 1.29 is 9.59 Å². The molecular formula is C19H16N4O2S. The normalized spacial score (nSPS) is 10.7. The van der Waals surface area contributed by atoms with Crippen LogP contribution in [-0.2, 0) is 9.59 Å². The summed E-state index contributed by atoms with van der Waals surface area (Å²) >= 11 is 1.35. The minimum absolute atomic E-state index is 0.116. The summed E-state index contributed by atoms with van der Waals surface area (Å²) in [6, 6.07) is 12.8. The summed E-state index contributed by atoms with van der Waals surface area (Å²) in [5, 5.41) is 7.83. The lowest BCUT2D eigenvalue weighted by molar-refractivity contribution is -0.114. The van der Waals surface area contributed by atoms with Crippen molar-refractivity contribution >= 4 is 40.0 Å². The summed E-state index contributed by atoms with van der Waals surface area (Å²) in [5.74, 6) is -0.382. The van der Waals surface area contributed by atoms with Crippen molar-refractivity contribution in [2.75, 3.05) is 10.6 Å². The number of carbonyl (C=O) groups excluding carboxylic acids is 2. The van der Waals surface area contributed by atoms with Gasteiger partial charge in [0.15, 0.2) is 5.13 Å². The Labute approximate surface area is 154 Å². The van der Waals surface area contributed by atoms with E-state index in [2.05, 4.69) is 20.6 Å². The smallest absolute Gasteiger partial charge is 0.250 e. The Hall–Kier alpha value is -3.32. The number of anilines is 2. The summed E-state index contributed by atoms with van der Waals surface area (Å²) in [6.45, 7) is 1.46. The molecule has 0 fully saturated rings. The third-order valence-electron chi connectivity index (χ3n) is 3.33. The number of nitrogens with zero attached hydrogens (tertiary/aromatic N) is 2. The molecule has 2 aromatic heterocycles. The highest BCUT2D eigenvalue weighted by Crippen LogP contribution is 2.26. The molecule has 0 radical (unpaired) electrons. The second-order valence-corrected chi connectivity index (χ2v) is 6.23. The van der Waals surface area contributed by atoms with Crippen LogP contribution in [0.1, 0.15) is 12.6 Å². The third-order valence-corrected chi connectivity index (χ3v) is 4.09. The van der Waals surface area contributed by atoms with E-state index >= 15 is 0 Å². The average Bonchev–Trinajstić information content (AvgIpc) is 3.09. The van der Waals surface area contributed by atoms with E-state index in [0.29, 0.717) is 10.8 Å². The van der Waals surface area contributed by atoms with Gasteiger partial charge in [-0.05, 0) is 30.3 Å². The first-order valence-corrected chi connectivity index (χ1v) is 8.72. The average molecular weight is 364 g/mol. The fourth-order valence-electron chi connectivity index (χ4n) is 2.17. The fraction of sp³-hybridized carbons (Fsp3) is 0.0526. The van der Waals surface area contributed by atoms with Crippen molar-refractivity contribution in [1.82, 2.24) is 9.97 Å². The maximum atomic E-state index is 12.0. The third kappa shape index (κ3) is 4.84. The Morgan fingerprint density at radius 2 is 1.88 bits per heavy atom. The van der Waals surface area contributed by atoms with Crippen molar-refractivity contribution in [2.45, 2.75) is 6.92 Å². The first-order valence-electron chi connectivity index (χ1n) is 7.84. The molecule has 7 heteroatoms. The molecular weight excluding hydrogens is 348 g/mol. The first kappa shape index (κ1) is 17.5. The molecule has 0 spiro atoms. The monoisotopic (exact) mass is 364 g/mol. The van der Waals surface area contributed by atoms with E-state index in [9.17, 15) is 9.59 Å². The number of aromatic nitrogens is 2. The van der Waals surface area contributed by atoms with E-state index in [4.69, 9.17) is 0 Å². The van der Waals surface area contributed by atoms with Crippen molar-refractivity contribution in [1.29, 1.82) is 0 Å². The summed E-state index contributed by atoms with van der Waals surface area (Å²) < 4.78 is 0. The molecule has 26 heavy (non-hydrogen) atoms. The van der Waals surface area contributed by atoms with Crippen LogP contribution in [0.25, 0.3) is 17.3 Å². The van der Waals surface area contributed by atoms with Crippen LogP contribution in [0.15, 0.2) is 60.1 Å². The van der Waals surface area contributed by atoms with Crippen LogP contribution in [0.2, 0.25) is 0 Å². The van der Waals surface area contributed by atoms with E-state index in [1.165, 1.54) is 24.3 Å². The maximum Gasteiger partial charge on any atom is 0.250 e. The number of pyridine rings is 1.